The van der Waals surface area contributed by atoms with E-state index in [9.17, 15) is 4.39 Å². The molecule has 31 heavy (non-hydrogen) atoms. The SMILES string of the molecule is C#Cc1cccc(-c2nc(N)c(F)c(-c3cn(Cc4cc(OC)n(C)n4)nn3)n2)c1C. The summed E-state index contributed by atoms with van der Waals surface area (Å²) in [5, 5.41) is 12.4. The number of halogens is 1. The lowest BCUT2D eigenvalue weighted by Gasteiger charge is -2.09. The molecular formula is C21H19FN8O. The van der Waals surface area contributed by atoms with Crippen LogP contribution in [-0.4, -0.2) is 41.9 Å². The molecule has 0 atom stereocenters. The minimum absolute atomic E-state index is 0.0436. The Morgan fingerprint density at radius 3 is 2.81 bits per heavy atom. The van der Waals surface area contributed by atoms with Crippen LogP contribution in [0.25, 0.3) is 22.8 Å². The normalized spacial score (nSPS) is 10.8. The Labute approximate surface area is 177 Å². The third kappa shape index (κ3) is 3.69. The Bertz CT molecular complexity index is 1320. The van der Waals surface area contributed by atoms with Gasteiger partial charge in [0, 0.05) is 24.2 Å². The van der Waals surface area contributed by atoms with Crippen molar-refractivity contribution < 1.29 is 9.13 Å². The molecule has 0 saturated heterocycles. The molecule has 1 aromatic carbocycles. The number of ether oxygens (including phenoxy) is 1. The lowest BCUT2D eigenvalue weighted by Crippen LogP contribution is -2.04. The molecule has 3 aromatic heterocycles. The van der Waals surface area contributed by atoms with E-state index in [1.54, 1.807) is 43.2 Å². The standard InChI is InChI=1S/C21H19FN8O/c1-5-13-7-6-8-15(12(13)2)21-24-19(18(22)20(23)25-21)16-11-30(28-26-16)10-14-9-17(31-4)29(3)27-14/h1,6-9,11H,10H2,2-4H3,(H2,23,24,25). The lowest BCUT2D eigenvalue weighted by molar-refractivity contribution is 0.373. The van der Waals surface area contributed by atoms with Crippen LogP contribution in [0.3, 0.4) is 0 Å². The van der Waals surface area contributed by atoms with E-state index >= 15 is 0 Å². The molecule has 0 amide bonds. The van der Waals surface area contributed by atoms with Gasteiger partial charge in [-0.1, -0.05) is 23.3 Å². The van der Waals surface area contributed by atoms with Gasteiger partial charge in [-0.25, -0.2) is 23.7 Å². The predicted molar refractivity (Wildman–Crippen MR) is 112 cm³/mol. The number of methoxy groups -OCH3 is 1. The highest BCUT2D eigenvalue weighted by Crippen LogP contribution is 2.28. The van der Waals surface area contributed by atoms with Crippen LogP contribution in [0.15, 0.2) is 30.5 Å². The van der Waals surface area contributed by atoms with Crippen molar-refractivity contribution in [2.75, 3.05) is 12.8 Å². The minimum atomic E-state index is -0.763. The summed E-state index contributed by atoms with van der Waals surface area (Å²) < 4.78 is 23.1. The number of aryl methyl sites for hydroxylation is 1. The lowest BCUT2D eigenvalue weighted by atomic mass is 10.0. The molecule has 0 saturated carbocycles. The first-order valence-electron chi connectivity index (χ1n) is 9.28. The summed E-state index contributed by atoms with van der Waals surface area (Å²) in [6.07, 6.45) is 7.12. The van der Waals surface area contributed by atoms with E-state index < -0.39 is 5.82 Å². The maximum atomic E-state index is 14.8. The van der Waals surface area contributed by atoms with E-state index in [1.807, 2.05) is 13.0 Å². The zero-order chi connectivity index (χ0) is 22.1. The molecular weight excluding hydrogens is 399 g/mol. The molecule has 0 aliphatic carbocycles. The first-order valence-corrected chi connectivity index (χ1v) is 9.28. The number of aromatic nitrogens is 7. The van der Waals surface area contributed by atoms with Gasteiger partial charge >= 0.3 is 0 Å². The molecule has 2 N–H and O–H groups in total. The molecule has 0 fully saturated rings. The molecule has 9 nitrogen and oxygen atoms in total. The Balaban J connectivity index is 1.71. The highest BCUT2D eigenvalue weighted by Gasteiger charge is 2.19. The molecule has 0 unspecified atom stereocenters. The van der Waals surface area contributed by atoms with Gasteiger partial charge in [0.05, 0.1) is 25.5 Å². The highest BCUT2D eigenvalue weighted by atomic mass is 19.1. The van der Waals surface area contributed by atoms with Crippen molar-refractivity contribution in [2.24, 2.45) is 7.05 Å². The van der Waals surface area contributed by atoms with Crippen LogP contribution >= 0.6 is 0 Å². The van der Waals surface area contributed by atoms with Gasteiger partial charge in [0.1, 0.15) is 11.4 Å². The molecule has 0 bridgehead atoms. The Morgan fingerprint density at radius 2 is 2.10 bits per heavy atom. The fourth-order valence-electron chi connectivity index (χ4n) is 3.21. The van der Waals surface area contributed by atoms with E-state index in [-0.39, 0.29) is 23.0 Å². The number of anilines is 1. The summed E-state index contributed by atoms with van der Waals surface area (Å²) in [6.45, 7) is 2.17. The van der Waals surface area contributed by atoms with E-state index in [2.05, 4.69) is 31.3 Å². The number of benzene rings is 1. The summed E-state index contributed by atoms with van der Waals surface area (Å²) >= 11 is 0. The van der Waals surface area contributed by atoms with Gasteiger partial charge in [0.15, 0.2) is 17.5 Å². The van der Waals surface area contributed by atoms with E-state index in [1.165, 1.54) is 4.68 Å². The molecule has 4 aromatic rings. The molecule has 0 aliphatic rings. The average molecular weight is 418 g/mol. The van der Waals surface area contributed by atoms with Crippen LogP contribution in [0.4, 0.5) is 10.2 Å². The van der Waals surface area contributed by atoms with Gasteiger partial charge in [-0.15, -0.1) is 11.5 Å². The van der Waals surface area contributed by atoms with Crippen molar-refractivity contribution in [3.8, 4) is 41.0 Å². The molecule has 156 valence electrons. The van der Waals surface area contributed by atoms with Crippen LogP contribution in [0, 0.1) is 25.1 Å². The molecule has 4 rings (SSSR count). The maximum absolute atomic E-state index is 14.8. The monoisotopic (exact) mass is 418 g/mol. The number of nitrogens with zero attached hydrogens (tertiary/aromatic N) is 7. The second kappa shape index (κ2) is 7.87. The summed E-state index contributed by atoms with van der Waals surface area (Å²) in [6, 6.07) is 7.18. The predicted octanol–water partition coefficient (Wildman–Crippen LogP) is 2.20. The average Bonchev–Trinajstić information content (AvgIpc) is 3.36. The quantitative estimate of drug-likeness (QED) is 0.495. The number of nitrogens with two attached hydrogens (primary N) is 1. The van der Waals surface area contributed by atoms with Gasteiger partial charge in [-0.3, -0.25) is 0 Å². The van der Waals surface area contributed by atoms with Gasteiger partial charge < -0.3 is 10.5 Å². The second-order valence-corrected chi connectivity index (χ2v) is 6.82. The van der Waals surface area contributed by atoms with Gasteiger partial charge in [-0.2, -0.15) is 5.10 Å². The molecule has 0 aliphatic heterocycles. The summed E-state index contributed by atoms with van der Waals surface area (Å²) in [5.41, 5.74) is 8.88. The molecule has 0 spiro atoms. The summed E-state index contributed by atoms with van der Waals surface area (Å²) in [5.74, 6) is 2.43. The van der Waals surface area contributed by atoms with E-state index in [4.69, 9.17) is 16.9 Å². The van der Waals surface area contributed by atoms with Crippen molar-refractivity contribution in [3.63, 3.8) is 0 Å². The van der Waals surface area contributed by atoms with Gasteiger partial charge in [0.25, 0.3) is 0 Å². The smallest absolute Gasteiger partial charge is 0.211 e. The fourth-order valence-corrected chi connectivity index (χ4v) is 3.21. The topological polar surface area (TPSA) is 110 Å². The van der Waals surface area contributed by atoms with Crippen LogP contribution in [0.5, 0.6) is 5.88 Å². The van der Waals surface area contributed by atoms with E-state index in [0.717, 1.165) is 5.56 Å². The minimum Gasteiger partial charge on any atom is -0.481 e. The Hall–Kier alpha value is -4.26. The molecule has 10 heteroatoms. The fraction of sp³-hybridized carbons (Fsp3) is 0.190. The number of rotatable bonds is 5. The third-order valence-corrected chi connectivity index (χ3v) is 4.81. The highest BCUT2D eigenvalue weighted by molar-refractivity contribution is 5.69. The molecule has 0 radical (unpaired) electrons. The van der Waals surface area contributed by atoms with Crippen LogP contribution in [0.2, 0.25) is 0 Å². The first-order chi connectivity index (χ1) is 14.9. The van der Waals surface area contributed by atoms with Crippen LogP contribution in [0.1, 0.15) is 16.8 Å². The number of nitrogen functional groups attached to an aromatic ring is 1. The van der Waals surface area contributed by atoms with E-state index in [0.29, 0.717) is 29.2 Å². The van der Waals surface area contributed by atoms with Gasteiger partial charge in [-0.05, 0) is 18.6 Å². The number of hydrogen-bond acceptors (Lipinski definition) is 7. The van der Waals surface area contributed by atoms with Crippen molar-refractivity contribution in [1.82, 2.24) is 34.7 Å². The van der Waals surface area contributed by atoms with Crippen molar-refractivity contribution in [1.29, 1.82) is 0 Å². The van der Waals surface area contributed by atoms with Crippen molar-refractivity contribution in [3.05, 3.63) is 53.1 Å². The largest absolute Gasteiger partial charge is 0.481 e. The van der Waals surface area contributed by atoms with Gasteiger partial charge in [0.2, 0.25) is 5.88 Å². The van der Waals surface area contributed by atoms with Crippen LogP contribution < -0.4 is 10.5 Å². The molecule has 3 heterocycles. The zero-order valence-corrected chi connectivity index (χ0v) is 17.2. The van der Waals surface area contributed by atoms with Crippen LogP contribution in [-0.2, 0) is 13.6 Å². The first kappa shape index (κ1) is 20.0. The summed E-state index contributed by atoms with van der Waals surface area (Å²) in [4.78, 5) is 8.47. The third-order valence-electron chi connectivity index (χ3n) is 4.81. The van der Waals surface area contributed by atoms with Crippen molar-refractivity contribution in [2.45, 2.75) is 13.5 Å². The number of hydrogen-bond donors (Lipinski definition) is 1. The number of terminal acetylenes is 1. The zero-order valence-electron chi connectivity index (χ0n) is 17.2. The van der Waals surface area contributed by atoms with Crippen molar-refractivity contribution >= 4 is 5.82 Å². The summed E-state index contributed by atoms with van der Waals surface area (Å²) in [7, 11) is 3.34. The Morgan fingerprint density at radius 1 is 1.29 bits per heavy atom. The second-order valence-electron chi connectivity index (χ2n) is 6.82. The Kier molecular flexibility index (Phi) is 5.09. The maximum Gasteiger partial charge on any atom is 0.211 e.